The van der Waals surface area contributed by atoms with Crippen LogP contribution in [0.5, 0.6) is 5.75 Å². The second kappa shape index (κ2) is 6.75. The predicted octanol–water partition coefficient (Wildman–Crippen LogP) is 2.24. The maximum atomic E-state index is 11.7. The van der Waals surface area contributed by atoms with Crippen LogP contribution in [0, 0.1) is 6.92 Å². The van der Waals surface area contributed by atoms with Gasteiger partial charge in [0.1, 0.15) is 11.5 Å². The number of hydrogen-bond donors (Lipinski definition) is 1. The molecule has 0 saturated carbocycles. The molecule has 5 heteroatoms. The van der Waals surface area contributed by atoms with Crippen molar-refractivity contribution in [3.8, 4) is 5.75 Å². The predicted molar refractivity (Wildman–Crippen MR) is 74.4 cm³/mol. The number of carbonyl (C=O) groups is 1. The van der Waals surface area contributed by atoms with E-state index in [2.05, 4.69) is 10.3 Å². The Hall–Kier alpha value is -2.30. The fourth-order valence-corrected chi connectivity index (χ4v) is 1.78. The summed E-state index contributed by atoms with van der Waals surface area (Å²) in [5, 5.41) is 2.73. The van der Waals surface area contributed by atoms with Crippen LogP contribution in [0.3, 0.4) is 0 Å². The SMILES string of the molecule is CCc1nc(C)ccc1OCC(=O)NCc1ccco1. The second-order valence-corrected chi connectivity index (χ2v) is 4.40. The lowest BCUT2D eigenvalue weighted by atomic mass is 10.2. The van der Waals surface area contributed by atoms with Crippen LogP contribution in [0.1, 0.15) is 24.1 Å². The number of carbonyl (C=O) groups excluding carboxylic acids is 1. The maximum absolute atomic E-state index is 11.7. The Balaban J connectivity index is 1.84. The summed E-state index contributed by atoms with van der Waals surface area (Å²) in [6.45, 7) is 4.27. The third kappa shape index (κ3) is 3.85. The van der Waals surface area contributed by atoms with Crippen LogP contribution in [0.2, 0.25) is 0 Å². The van der Waals surface area contributed by atoms with Crippen LogP contribution >= 0.6 is 0 Å². The van der Waals surface area contributed by atoms with Gasteiger partial charge in [0.25, 0.3) is 5.91 Å². The van der Waals surface area contributed by atoms with E-state index in [9.17, 15) is 4.79 Å². The molecule has 20 heavy (non-hydrogen) atoms. The number of aryl methyl sites for hydroxylation is 2. The minimum absolute atomic E-state index is 0.0293. The molecule has 0 fully saturated rings. The molecule has 5 nitrogen and oxygen atoms in total. The van der Waals surface area contributed by atoms with Crippen molar-refractivity contribution in [1.29, 1.82) is 0 Å². The Bertz CT molecular complexity index is 565. The van der Waals surface area contributed by atoms with Gasteiger partial charge in [0.15, 0.2) is 6.61 Å². The average molecular weight is 274 g/mol. The summed E-state index contributed by atoms with van der Waals surface area (Å²) in [5.41, 5.74) is 1.81. The van der Waals surface area contributed by atoms with Gasteiger partial charge in [-0.15, -0.1) is 0 Å². The molecule has 0 spiro atoms. The van der Waals surface area contributed by atoms with Gasteiger partial charge >= 0.3 is 0 Å². The highest BCUT2D eigenvalue weighted by Crippen LogP contribution is 2.17. The molecule has 2 rings (SSSR count). The number of nitrogens with zero attached hydrogens (tertiary/aromatic N) is 1. The molecule has 0 aliphatic rings. The van der Waals surface area contributed by atoms with Gasteiger partial charge in [0.2, 0.25) is 0 Å². The van der Waals surface area contributed by atoms with Gasteiger partial charge in [0, 0.05) is 5.69 Å². The minimum Gasteiger partial charge on any atom is -0.482 e. The van der Waals surface area contributed by atoms with E-state index in [4.69, 9.17) is 9.15 Å². The smallest absolute Gasteiger partial charge is 0.258 e. The number of aromatic nitrogens is 1. The molecular formula is C15H18N2O3. The van der Waals surface area contributed by atoms with Gasteiger partial charge in [-0.25, -0.2) is 0 Å². The summed E-state index contributed by atoms with van der Waals surface area (Å²) < 4.78 is 10.6. The van der Waals surface area contributed by atoms with Crippen molar-refractivity contribution in [2.75, 3.05) is 6.61 Å². The first-order valence-electron chi connectivity index (χ1n) is 6.57. The first kappa shape index (κ1) is 14.1. The molecule has 2 aromatic heterocycles. The molecule has 0 bridgehead atoms. The summed E-state index contributed by atoms with van der Waals surface area (Å²) in [6.07, 6.45) is 2.34. The number of pyridine rings is 1. The Kier molecular flexibility index (Phi) is 4.76. The summed E-state index contributed by atoms with van der Waals surface area (Å²) in [5.74, 6) is 1.18. The minimum atomic E-state index is -0.191. The van der Waals surface area contributed by atoms with Crippen molar-refractivity contribution < 1.29 is 13.9 Å². The monoisotopic (exact) mass is 274 g/mol. The summed E-state index contributed by atoms with van der Waals surface area (Å²) in [7, 11) is 0. The van der Waals surface area contributed by atoms with Crippen LogP contribution < -0.4 is 10.1 Å². The molecule has 1 N–H and O–H groups in total. The third-order valence-electron chi connectivity index (χ3n) is 2.81. The zero-order valence-electron chi connectivity index (χ0n) is 11.7. The first-order valence-corrected chi connectivity index (χ1v) is 6.57. The molecule has 0 atom stereocenters. The fourth-order valence-electron chi connectivity index (χ4n) is 1.78. The van der Waals surface area contributed by atoms with E-state index in [1.54, 1.807) is 18.4 Å². The van der Waals surface area contributed by atoms with Gasteiger partial charge in [-0.05, 0) is 37.6 Å². The van der Waals surface area contributed by atoms with Crippen LogP contribution in [0.25, 0.3) is 0 Å². The number of rotatable bonds is 6. The summed E-state index contributed by atoms with van der Waals surface area (Å²) in [4.78, 5) is 16.1. The largest absolute Gasteiger partial charge is 0.482 e. The van der Waals surface area contributed by atoms with Crippen molar-refractivity contribution in [2.24, 2.45) is 0 Å². The number of furan rings is 1. The molecule has 0 saturated heterocycles. The van der Waals surface area contributed by atoms with Gasteiger partial charge in [-0.3, -0.25) is 9.78 Å². The standard InChI is InChI=1S/C15H18N2O3/c1-3-13-14(7-6-11(2)17-13)20-10-15(18)16-9-12-5-4-8-19-12/h4-8H,3,9-10H2,1-2H3,(H,16,18). The zero-order chi connectivity index (χ0) is 14.4. The highest BCUT2D eigenvalue weighted by Gasteiger charge is 2.07. The molecule has 1 amide bonds. The normalized spacial score (nSPS) is 10.3. The van der Waals surface area contributed by atoms with E-state index in [0.717, 1.165) is 17.8 Å². The van der Waals surface area contributed by atoms with E-state index >= 15 is 0 Å². The molecule has 2 aromatic rings. The first-order chi connectivity index (χ1) is 9.69. The van der Waals surface area contributed by atoms with E-state index in [1.165, 1.54) is 0 Å². The Morgan fingerprint density at radius 1 is 1.40 bits per heavy atom. The van der Waals surface area contributed by atoms with Gasteiger partial charge in [-0.1, -0.05) is 6.92 Å². The van der Waals surface area contributed by atoms with Crippen molar-refractivity contribution in [2.45, 2.75) is 26.8 Å². The highest BCUT2D eigenvalue weighted by molar-refractivity contribution is 5.77. The van der Waals surface area contributed by atoms with Gasteiger partial charge < -0.3 is 14.5 Å². The van der Waals surface area contributed by atoms with Gasteiger partial charge in [-0.2, -0.15) is 0 Å². The average Bonchev–Trinajstić information content (AvgIpc) is 2.97. The van der Waals surface area contributed by atoms with E-state index in [-0.39, 0.29) is 12.5 Å². The quantitative estimate of drug-likeness (QED) is 0.877. The lowest BCUT2D eigenvalue weighted by molar-refractivity contribution is -0.123. The summed E-state index contributed by atoms with van der Waals surface area (Å²) in [6, 6.07) is 7.31. The van der Waals surface area contributed by atoms with E-state index in [1.807, 2.05) is 26.0 Å². The van der Waals surface area contributed by atoms with Crippen molar-refractivity contribution in [3.63, 3.8) is 0 Å². The molecule has 0 radical (unpaired) electrons. The third-order valence-corrected chi connectivity index (χ3v) is 2.81. The zero-order valence-corrected chi connectivity index (χ0v) is 11.7. The molecule has 106 valence electrons. The maximum Gasteiger partial charge on any atom is 0.258 e. The highest BCUT2D eigenvalue weighted by atomic mass is 16.5. The Morgan fingerprint density at radius 2 is 2.25 bits per heavy atom. The van der Waals surface area contributed by atoms with Crippen LogP contribution in [-0.2, 0) is 17.8 Å². The van der Waals surface area contributed by atoms with Crippen molar-refractivity contribution >= 4 is 5.91 Å². The van der Waals surface area contributed by atoms with Crippen LogP contribution in [0.4, 0.5) is 0 Å². The number of ether oxygens (including phenoxy) is 1. The van der Waals surface area contributed by atoms with Crippen molar-refractivity contribution in [3.05, 3.63) is 47.7 Å². The molecular weight excluding hydrogens is 256 g/mol. The lowest BCUT2D eigenvalue weighted by Gasteiger charge is -2.10. The topological polar surface area (TPSA) is 64.4 Å². The van der Waals surface area contributed by atoms with E-state index < -0.39 is 0 Å². The second-order valence-electron chi connectivity index (χ2n) is 4.40. The Morgan fingerprint density at radius 3 is 2.95 bits per heavy atom. The number of hydrogen-bond acceptors (Lipinski definition) is 4. The van der Waals surface area contributed by atoms with Crippen LogP contribution in [0.15, 0.2) is 34.9 Å². The Labute approximate surface area is 118 Å². The fraction of sp³-hybridized carbons (Fsp3) is 0.333. The van der Waals surface area contributed by atoms with E-state index in [0.29, 0.717) is 18.1 Å². The molecule has 2 heterocycles. The van der Waals surface area contributed by atoms with Crippen LogP contribution in [-0.4, -0.2) is 17.5 Å². The van der Waals surface area contributed by atoms with Gasteiger partial charge in [0.05, 0.1) is 18.5 Å². The molecule has 0 unspecified atom stereocenters. The molecule has 0 aliphatic heterocycles. The lowest BCUT2D eigenvalue weighted by Crippen LogP contribution is -2.28. The number of nitrogens with one attached hydrogen (secondary N) is 1. The summed E-state index contributed by atoms with van der Waals surface area (Å²) >= 11 is 0. The molecule has 0 aliphatic carbocycles. The molecule has 0 aromatic carbocycles. The number of amides is 1. The van der Waals surface area contributed by atoms with Crippen molar-refractivity contribution in [1.82, 2.24) is 10.3 Å².